The highest BCUT2D eigenvalue weighted by Crippen LogP contribution is 2.44. The minimum atomic E-state index is -0.237. The van der Waals surface area contributed by atoms with E-state index in [2.05, 4.69) is 57.4 Å². The van der Waals surface area contributed by atoms with Crippen molar-refractivity contribution in [1.82, 2.24) is 9.47 Å². The Morgan fingerprint density at radius 3 is 2.61 bits per heavy atom. The van der Waals surface area contributed by atoms with E-state index in [1.54, 1.807) is 0 Å². The molecule has 1 aliphatic carbocycles. The van der Waals surface area contributed by atoms with Crippen molar-refractivity contribution in [3.8, 4) is 10.8 Å². The average molecular weight is 527 g/mol. The van der Waals surface area contributed by atoms with Crippen LogP contribution in [-0.2, 0) is 19.4 Å². The summed E-state index contributed by atoms with van der Waals surface area (Å²) in [6, 6.07) is 20.1. The van der Waals surface area contributed by atoms with Gasteiger partial charge < -0.3 is 24.4 Å². The van der Waals surface area contributed by atoms with Crippen LogP contribution in [0.4, 0.5) is 16.2 Å². The molecule has 196 valence electrons. The highest BCUT2D eigenvalue weighted by molar-refractivity contribution is 7.15. The van der Waals surface area contributed by atoms with Gasteiger partial charge in [0.25, 0.3) is 0 Å². The van der Waals surface area contributed by atoms with E-state index in [0.29, 0.717) is 24.6 Å². The molecular weight excluding hydrogens is 492 g/mol. The third kappa shape index (κ3) is 4.35. The summed E-state index contributed by atoms with van der Waals surface area (Å²) in [6.45, 7) is 3.05. The number of nitrogens with one attached hydrogen (secondary N) is 1. The topological polar surface area (TPSA) is 49.7 Å². The lowest BCUT2D eigenvalue weighted by Gasteiger charge is -2.32. The largest absolute Gasteiger partial charge is 0.492 e. The molecule has 1 atom stereocenters. The van der Waals surface area contributed by atoms with Crippen LogP contribution in [0.25, 0.3) is 5.00 Å². The van der Waals surface area contributed by atoms with Crippen LogP contribution >= 0.6 is 11.3 Å². The van der Waals surface area contributed by atoms with Gasteiger partial charge in [-0.15, -0.1) is 11.3 Å². The maximum absolute atomic E-state index is 14.2. The summed E-state index contributed by atoms with van der Waals surface area (Å²) in [5.74, 6) is 0.682. The van der Waals surface area contributed by atoms with E-state index in [1.165, 1.54) is 33.8 Å². The van der Waals surface area contributed by atoms with Gasteiger partial charge in [0, 0.05) is 36.4 Å². The minimum absolute atomic E-state index is 0.129. The van der Waals surface area contributed by atoms with E-state index in [9.17, 15) is 4.79 Å². The van der Waals surface area contributed by atoms with E-state index in [4.69, 9.17) is 4.74 Å². The highest BCUT2D eigenvalue weighted by atomic mass is 32.1. The first kappa shape index (κ1) is 24.6. The summed E-state index contributed by atoms with van der Waals surface area (Å²) in [6.07, 6.45) is 6.82. The van der Waals surface area contributed by atoms with Crippen molar-refractivity contribution < 1.29 is 9.53 Å². The summed E-state index contributed by atoms with van der Waals surface area (Å²) < 4.78 is 8.14. The fourth-order valence-corrected chi connectivity index (χ4v) is 7.13. The van der Waals surface area contributed by atoms with Gasteiger partial charge >= 0.3 is 6.03 Å². The minimum Gasteiger partial charge on any atom is -0.492 e. The SMILES string of the molecule is CCOc1ccccc1NC(=O)N1Cc2c(sc3c2CCCC3)-n2cccc2C1c1ccc(N(C)C)cc1. The van der Waals surface area contributed by atoms with Crippen molar-refractivity contribution in [2.24, 2.45) is 0 Å². The number of anilines is 2. The first-order chi connectivity index (χ1) is 18.5. The summed E-state index contributed by atoms with van der Waals surface area (Å²) >= 11 is 1.91. The zero-order valence-electron chi connectivity index (χ0n) is 22.2. The number of nitrogens with zero attached hydrogens (tertiary/aromatic N) is 3. The van der Waals surface area contributed by atoms with Gasteiger partial charge in [0.1, 0.15) is 10.8 Å². The molecule has 1 unspecified atom stereocenters. The molecule has 2 aromatic carbocycles. The second kappa shape index (κ2) is 10.2. The second-order valence-electron chi connectivity index (χ2n) is 10.2. The Labute approximate surface area is 228 Å². The molecule has 0 bridgehead atoms. The Morgan fingerprint density at radius 2 is 1.82 bits per heavy atom. The average Bonchev–Trinajstić information content (AvgIpc) is 3.52. The number of thiophene rings is 1. The van der Waals surface area contributed by atoms with Crippen molar-refractivity contribution in [3.05, 3.63) is 94.1 Å². The Hall–Kier alpha value is -3.71. The number of hydrogen-bond donors (Lipinski definition) is 1. The quantitative estimate of drug-likeness (QED) is 0.304. The van der Waals surface area contributed by atoms with Crippen LogP contribution in [0.1, 0.15) is 53.1 Å². The predicted molar refractivity (Wildman–Crippen MR) is 155 cm³/mol. The fourth-order valence-electron chi connectivity index (χ4n) is 5.73. The number of para-hydroxylation sites is 2. The second-order valence-corrected chi connectivity index (χ2v) is 11.3. The molecule has 1 aliphatic heterocycles. The Bertz CT molecular complexity index is 1450. The molecule has 0 fully saturated rings. The molecule has 0 spiro atoms. The van der Waals surface area contributed by atoms with Crippen LogP contribution in [0, 0.1) is 0 Å². The zero-order valence-corrected chi connectivity index (χ0v) is 23.1. The lowest BCUT2D eigenvalue weighted by atomic mass is 9.95. The first-order valence-electron chi connectivity index (χ1n) is 13.4. The van der Waals surface area contributed by atoms with Crippen LogP contribution in [0.15, 0.2) is 66.9 Å². The van der Waals surface area contributed by atoms with Crippen LogP contribution in [-0.4, -0.2) is 36.2 Å². The smallest absolute Gasteiger partial charge is 0.323 e. The third-order valence-electron chi connectivity index (χ3n) is 7.59. The van der Waals surface area contributed by atoms with E-state index >= 15 is 0 Å². The van der Waals surface area contributed by atoms with Crippen LogP contribution in [0.5, 0.6) is 5.75 Å². The van der Waals surface area contributed by atoms with Gasteiger partial charge in [-0.1, -0.05) is 24.3 Å². The number of carbonyl (C=O) groups is 1. The molecule has 6 rings (SSSR count). The molecule has 38 heavy (non-hydrogen) atoms. The zero-order chi connectivity index (χ0) is 26.2. The number of aryl methyl sites for hydroxylation is 1. The number of rotatable bonds is 5. The van der Waals surface area contributed by atoms with Crippen molar-refractivity contribution in [2.45, 2.75) is 45.2 Å². The monoisotopic (exact) mass is 526 g/mol. The van der Waals surface area contributed by atoms with Crippen LogP contribution < -0.4 is 15.0 Å². The van der Waals surface area contributed by atoms with Gasteiger partial charge in [-0.3, -0.25) is 0 Å². The van der Waals surface area contributed by atoms with Crippen LogP contribution in [0.3, 0.4) is 0 Å². The molecule has 2 aromatic heterocycles. The van der Waals surface area contributed by atoms with E-state index in [0.717, 1.165) is 29.8 Å². The number of carbonyl (C=O) groups excluding carboxylic acids is 1. The lowest BCUT2D eigenvalue weighted by molar-refractivity contribution is 0.194. The molecule has 7 heteroatoms. The molecule has 0 saturated heterocycles. The predicted octanol–water partition coefficient (Wildman–Crippen LogP) is 7.02. The van der Waals surface area contributed by atoms with Crippen molar-refractivity contribution >= 4 is 28.7 Å². The fraction of sp³-hybridized carbons (Fsp3) is 0.323. The molecule has 1 N–H and O–H groups in total. The number of benzene rings is 2. The molecule has 3 heterocycles. The number of hydrogen-bond acceptors (Lipinski definition) is 4. The normalized spacial score (nSPS) is 16.2. The number of fused-ring (bicyclic) bond motifs is 5. The first-order valence-corrected chi connectivity index (χ1v) is 14.2. The van der Waals surface area contributed by atoms with E-state index < -0.39 is 0 Å². The van der Waals surface area contributed by atoms with Gasteiger partial charge in [-0.05, 0) is 80.1 Å². The number of aromatic nitrogens is 1. The third-order valence-corrected chi connectivity index (χ3v) is 8.93. The lowest BCUT2D eigenvalue weighted by Crippen LogP contribution is -2.38. The summed E-state index contributed by atoms with van der Waals surface area (Å²) in [4.78, 5) is 19.8. The summed E-state index contributed by atoms with van der Waals surface area (Å²) in [5.41, 5.74) is 6.76. The maximum Gasteiger partial charge on any atom is 0.323 e. The molecule has 0 saturated carbocycles. The van der Waals surface area contributed by atoms with Gasteiger partial charge in [-0.25, -0.2) is 4.79 Å². The van der Waals surface area contributed by atoms with Crippen molar-refractivity contribution in [3.63, 3.8) is 0 Å². The van der Waals surface area contributed by atoms with Crippen molar-refractivity contribution in [2.75, 3.05) is 30.9 Å². The summed E-state index contributed by atoms with van der Waals surface area (Å²) in [7, 11) is 4.09. The van der Waals surface area contributed by atoms with Gasteiger partial charge in [0.15, 0.2) is 0 Å². The molecule has 2 aliphatic rings. The Kier molecular flexibility index (Phi) is 6.62. The number of amides is 2. The molecule has 0 radical (unpaired) electrons. The highest BCUT2D eigenvalue weighted by Gasteiger charge is 2.36. The van der Waals surface area contributed by atoms with E-state index in [-0.39, 0.29) is 12.1 Å². The Balaban J connectivity index is 1.47. The number of ether oxygens (including phenoxy) is 1. The number of urea groups is 1. The van der Waals surface area contributed by atoms with E-state index in [1.807, 2.05) is 61.5 Å². The van der Waals surface area contributed by atoms with Crippen molar-refractivity contribution in [1.29, 1.82) is 0 Å². The van der Waals surface area contributed by atoms with Gasteiger partial charge in [-0.2, -0.15) is 0 Å². The summed E-state index contributed by atoms with van der Waals surface area (Å²) in [5, 5.41) is 4.46. The molecule has 6 nitrogen and oxygen atoms in total. The maximum atomic E-state index is 14.2. The molecular formula is C31H34N4O2S. The van der Waals surface area contributed by atoms with Crippen LogP contribution in [0.2, 0.25) is 0 Å². The van der Waals surface area contributed by atoms with Gasteiger partial charge in [0.2, 0.25) is 0 Å². The molecule has 4 aromatic rings. The van der Waals surface area contributed by atoms with Gasteiger partial charge in [0.05, 0.1) is 30.6 Å². The standard InChI is InChI=1S/C31H34N4O2S/c1-4-37-27-13-7-6-11-25(27)32-31(36)35-20-24-23-10-5-8-14-28(23)38-30(24)34-19-9-12-26(34)29(35)21-15-17-22(18-16-21)33(2)3/h6-7,9,11-13,15-19,29H,4-5,8,10,14,20H2,1-3H3,(H,32,36). The molecule has 2 amide bonds. The Morgan fingerprint density at radius 1 is 1.03 bits per heavy atom.